The maximum Gasteiger partial charge on any atom is 0.326 e. The number of carboxylic acids is 1. The van der Waals surface area contributed by atoms with E-state index in [1.54, 1.807) is 0 Å². The van der Waals surface area contributed by atoms with Gasteiger partial charge in [-0.05, 0) is 36.3 Å². The first-order chi connectivity index (χ1) is 8.22. The number of amides is 1. The molecule has 0 aromatic heterocycles. The Hall–Kier alpha value is -1.84. The Morgan fingerprint density at radius 2 is 2.12 bits per heavy atom. The molecule has 0 spiro atoms. The number of aryl methyl sites for hydroxylation is 1. The van der Waals surface area contributed by atoms with Crippen molar-refractivity contribution in [1.82, 2.24) is 5.32 Å². The number of fused-ring (bicyclic) bond motifs is 1. The van der Waals surface area contributed by atoms with Gasteiger partial charge in [-0.25, -0.2) is 4.79 Å². The highest BCUT2D eigenvalue weighted by Crippen LogP contribution is 2.27. The van der Waals surface area contributed by atoms with Crippen LogP contribution >= 0.6 is 0 Å². The van der Waals surface area contributed by atoms with Crippen LogP contribution in [-0.4, -0.2) is 23.5 Å². The minimum absolute atomic E-state index is 0.0207. The van der Waals surface area contributed by atoms with E-state index in [0.29, 0.717) is 12.8 Å². The summed E-state index contributed by atoms with van der Waals surface area (Å²) in [6, 6.07) is 7.29. The van der Waals surface area contributed by atoms with Gasteiger partial charge in [-0.3, -0.25) is 4.79 Å². The monoisotopic (exact) mass is 233 g/mol. The summed E-state index contributed by atoms with van der Waals surface area (Å²) in [4.78, 5) is 21.5. The molecule has 17 heavy (non-hydrogen) atoms. The third-order valence-electron chi connectivity index (χ3n) is 3.37. The lowest BCUT2D eigenvalue weighted by Crippen LogP contribution is -2.44. The number of nitrogens with one attached hydrogen (secondary N) is 1. The van der Waals surface area contributed by atoms with Crippen LogP contribution in [0, 0.1) is 5.92 Å². The normalized spacial score (nSPS) is 20.1. The Balaban J connectivity index is 2.15. The van der Waals surface area contributed by atoms with Crippen LogP contribution in [0.4, 0.5) is 0 Å². The number of hydrogen-bond acceptors (Lipinski definition) is 2. The van der Waals surface area contributed by atoms with E-state index in [2.05, 4.69) is 11.4 Å². The van der Waals surface area contributed by atoms with Gasteiger partial charge in [0.25, 0.3) is 0 Å². The van der Waals surface area contributed by atoms with Gasteiger partial charge in [-0.15, -0.1) is 0 Å². The fraction of sp³-hybridized carbons (Fsp3) is 0.385. The molecule has 4 nitrogen and oxygen atoms in total. The molecule has 1 aromatic carbocycles. The average Bonchev–Trinajstić information content (AvgIpc) is 2.35. The van der Waals surface area contributed by atoms with Crippen LogP contribution in [0.1, 0.15) is 17.5 Å². The molecule has 2 N–H and O–H groups in total. The van der Waals surface area contributed by atoms with Crippen molar-refractivity contribution in [2.24, 2.45) is 5.92 Å². The van der Waals surface area contributed by atoms with Crippen molar-refractivity contribution < 1.29 is 14.7 Å². The minimum Gasteiger partial charge on any atom is -0.480 e. The third-order valence-corrected chi connectivity index (χ3v) is 3.37. The zero-order chi connectivity index (χ0) is 12.3. The van der Waals surface area contributed by atoms with Gasteiger partial charge >= 0.3 is 5.97 Å². The lowest BCUT2D eigenvalue weighted by molar-refractivity contribution is -0.142. The van der Waals surface area contributed by atoms with Crippen LogP contribution in [0.3, 0.4) is 0 Å². The van der Waals surface area contributed by atoms with E-state index >= 15 is 0 Å². The van der Waals surface area contributed by atoms with Gasteiger partial charge in [0.15, 0.2) is 0 Å². The number of carbonyl (C=O) groups is 2. The largest absolute Gasteiger partial charge is 0.480 e. The van der Waals surface area contributed by atoms with Crippen molar-refractivity contribution in [2.75, 3.05) is 0 Å². The van der Waals surface area contributed by atoms with E-state index < -0.39 is 12.0 Å². The Bertz CT molecular complexity index is 430. The summed E-state index contributed by atoms with van der Waals surface area (Å²) < 4.78 is 0. The zero-order valence-electron chi connectivity index (χ0n) is 9.43. The molecule has 0 radical (unpaired) electrons. The van der Waals surface area contributed by atoms with Crippen LogP contribution in [0.25, 0.3) is 0 Å². The summed E-state index contributed by atoms with van der Waals surface area (Å²) in [7, 11) is 0. The molecular formula is C13H15NO3. The first-order valence-corrected chi connectivity index (χ1v) is 5.71. The lowest BCUT2D eigenvalue weighted by Gasteiger charge is -2.28. The maximum atomic E-state index is 11.1. The number of benzene rings is 1. The van der Waals surface area contributed by atoms with Gasteiger partial charge in [0.05, 0.1) is 0 Å². The van der Waals surface area contributed by atoms with Gasteiger partial charge in [-0.2, -0.15) is 0 Å². The molecule has 1 amide bonds. The third kappa shape index (κ3) is 2.46. The molecule has 1 aliphatic carbocycles. The zero-order valence-corrected chi connectivity index (χ0v) is 9.43. The van der Waals surface area contributed by atoms with Crippen molar-refractivity contribution in [3.05, 3.63) is 35.4 Å². The van der Waals surface area contributed by atoms with Gasteiger partial charge in [0.1, 0.15) is 6.04 Å². The highest BCUT2D eigenvalue weighted by molar-refractivity contribution is 5.76. The quantitative estimate of drug-likeness (QED) is 0.762. The first kappa shape index (κ1) is 11.6. The molecule has 0 saturated carbocycles. The topological polar surface area (TPSA) is 66.4 Å². The lowest BCUT2D eigenvalue weighted by atomic mass is 9.80. The molecule has 0 heterocycles. The molecule has 2 rings (SSSR count). The molecule has 1 aliphatic rings. The predicted octanol–water partition coefficient (Wildman–Crippen LogP) is 0.991. The second-order valence-corrected chi connectivity index (χ2v) is 4.37. The van der Waals surface area contributed by atoms with Crippen LogP contribution in [0.2, 0.25) is 0 Å². The van der Waals surface area contributed by atoms with Crippen molar-refractivity contribution in [3.8, 4) is 0 Å². The van der Waals surface area contributed by atoms with E-state index in [-0.39, 0.29) is 5.92 Å². The molecule has 0 aliphatic heterocycles. The number of carboxylic acid groups (broad SMARTS) is 1. The van der Waals surface area contributed by atoms with E-state index in [9.17, 15) is 9.59 Å². The van der Waals surface area contributed by atoms with E-state index in [1.807, 2.05) is 18.2 Å². The Morgan fingerprint density at radius 1 is 1.41 bits per heavy atom. The Morgan fingerprint density at radius 3 is 2.76 bits per heavy atom. The van der Waals surface area contributed by atoms with E-state index in [4.69, 9.17) is 5.11 Å². The number of hydrogen-bond donors (Lipinski definition) is 2. The highest BCUT2D eigenvalue weighted by atomic mass is 16.4. The molecule has 1 aromatic rings. The molecule has 4 heteroatoms. The van der Waals surface area contributed by atoms with Crippen LogP contribution in [-0.2, 0) is 22.4 Å². The van der Waals surface area contributed by atoms with Gasteiger partial charge < -0.3 is 10.4 Å². The number of carbonyl (C=O) groups excluding carboxylic acids is 1. The second kappa shape index (κ2) is 4.99. The van der Waals surface area contributed by atoms with Crippen LogP contribution < -0.4 is 5.32 Å². The minimum atomic E-state index is -0.957. The van der Waals surface area contributed by atoms with Gasteiger partial charge in [0.2, 0.25) is 6.41 Å². The SMILES string of the molecule is O=CNC(C(=O)O)C1CCc2ccccc2C1. The Kier molecular flexibility index (Phi) is 3.42. The molecule has 0 bridgehead atoms. The van der Waals surface area contributed by atoms with Crippen LogP contribution in [0.5, 0.6) is 0 Å². The summed E-state index contributed by atoms with van der Waals surface area (Å²) in [5, 5.41) is 11.5. The number of rotatable bonds is 4. The van der Waals surface area contributed by atoms with Crippen molar-refractivity contribution >= 4 is 12.4 Å². The Labute approximate surface area is 99.6 Å². The molecular weight excluding hydrogens is 218 g/mol. The summed E-state index contributed by atoms with van der Waals surface area (Å²) in [5.41, 5.74) is 2.49. The first-order valence-electron chi connectivity index (χ1n) is 5.71. The van der Waals surface area contributed by atoms with Gasteiger partial charge in [-0.1, -0.05) is 24.3 Å². The highest BCUT2D eigenvalue weighted by Gasteiger charge is 2.30. The van der Waals surface area contributed by atoms with Crippen molar-refractivity contribution in [3.63, 3.8) is 0 Å². The molecule has 0 saturated heterocycles. The fourth-order valence-electron chi connectivity index (χ4n) is 2.49. The number of aliphatic carboxylic acids is 1. The van der Waals surface area contributed by atoms with Crippen molar-refractivity contribution in [2.45, 2.75) is 25.3 Å². The van der Waals surface area contributed by atoms with Crippen LogP contribution in [0.15, 0.2) is 24.3 Å². The van der Waals surface area contributed by atoms with Gasteiger partial charge in [0, 0.05) is 0 Å². The van der Waals surface area contributed by atoms with Crippen molar-refractivity contribution in [1.29, 1.82) is 0 Å². The summed E-state index contributed by atoms with van der Waals surface area (Å²) in [6.07, 6.45) is 2.87. The standard InChI is InChI=1S/C13H15NO3/c15-8-14-12(13(16)17)11-6-5-9-3-1-2-4-10(9)7-11/h1-4,8,11-12H,5-7H2,(H,14,15)(H,16,17). The summed E-state index contributed by atoms with van der Waals surface area (Å²) in [6.45, 7) is 0. The smallest absolute Gasteiger partial charge is 0.326 e. The average molecular weight is 233 g/mol. The molecule has 2 unspecified atom stereocenters. The maximum absolute atomic E-state index is 11.1. The van der Waals surface area contributed by atoms with E-state index in [0.717, 1.165) is 12.8 Å². The second-order valence-electron chi connectivity index (χ2n) is 4.37. The molecule has 90 valence electrons. The predicted molar refractivity (Wildman–Crippen MR) is 62.6 cm³/mol. The molecule has 2 atom stereocenters. The summed E-state index contributed by atoms with van der Waals surface area (Å²) >= 11 is 0. The molecule has 0 fully saturated rings. The fourth-order valence-corrected chi connectivity index (χ4v) is 2.49. The summed E-state index contributed by atoms with van der Waals surface area (Å²) in [5.74, 6) is -0.978. The van der Waals surface area contributed by atoms with E-state index in [1.165, 1.54) is 11.1 Å².